The molecular weight excluding hydrogens is 474 g/mol. The third-order valence-electron chi connectivity index (χ3n) is 11.0. The summed E-state index contributed by atoms with van der Waals surface area (Å²) in [6, 6.07) is 12.0. The van der Waals surface area contributed by atoms with Gasteiger partial charge in [-0.2, -0.15) is 0 Å². The van der Waals surface area contributed by atoms with Crippen LogP contribution in [0.25, 0.3) is 0 Å². The molecule has 7 atom stereocenters. The van der Waals surface area contributed by atoms with E-state index in [9.17, 15) is 10.2 Å². The third kappa shape index (κ3) is 3.28. The maximum atomic E-state index is 12.2. The van der Waals surface area contributed by atoms with Crippen molar-refractivity contribution in [2.75, 3.05) is 20.2 Å². The molecule has 6 rings (SSSR count). The van der Waals surface area contributed by atoms with Crippen molar-refractivity contribution >= 4 is 0 Å². The Bertz CT molecular complexity index is 1260. The number of aliphatic hydroxyl groups excluding tert-OH is 1. The molecule has 0 bridgehead atoms. The Morgan fingerprint density at radius 1 is 1.18 bits per heavy atom. The lowest BCUT2D eigenvalue weighted by Crippen LogP contribution is -2.74. The summed E-state index contributed by atoms with van der Waals surface area (Å²) in [5.41, 5.74) is 2.75. The fourth-order valence-corrected chi connectivity index (χ4v) is 8.83. The molecule has 2 aromatic carbocycles. The van der Waals surface area contributed by atoms with Gasteiger partial charge in [-0.05, 0) is 81.7 Å². The number of nitrogens with zero attached hydrogens (tertiary/aromatic N) is 1. The molecule has 0 radical (unpaired) electrons. The van der Waals surface area contributed by atoms with E-state index in [0.29, 0.717) is 12.2 Å². The molecule has 4 aliphatic rings. The van der Waals surface area contributed by atoms with Crippen molar-refractivity contribution in [3.63, 3.8) is 0 Å². The molecule has 204 valence electrons. The van der Waals surface area contributed by atoms with E-state index in [4.69, 9.17) is 9.47 Å². The molecule has 1 saturated heterocycles. The minimum atomic E-state index is -0.753. The number of hydrogen-bond acceptors (Lipinski definition) is 5. The molecule has 38 heavy (non-hydrogen) atoms. The SMILES string of the molecule is C=C[C@]12C[C@](C)([C@H](O)c3ccccc3C)C(OC)[C@@H]3Oc4c(O)ccc(C)c4[C@@]31CCN(CC1CC1)[C@@H]2C. The van der Waals surface area contributed by atoms with E-state index in [1.165, 1.54) is 12.8 Å². The van der Waals surface area contributed by atoms with Gasteiger partial charge in [0, 0.05) is 36.1 Å². The van der Waals surface area contributed by atoms with Crippen molar-refractivity contribution in [2.45, 2.75) is 83.1 Å². The maximum absolute atomic E-state index is 12.2. The molecule has 2 heterocycles. The minimum Gasteiger partial charge on any atom is -0.504 e. The van der Waals surface area contributed by atoms with Gasteiger partial charge in [0.1, 0.15) is 12.2 Å². The molecular formula is C33H43NO4. The van der Waals surface area contributed by atoms with Crippen LogP contribution in [0.2, 0.25) is 0 Å². The molecule has 2 aliphatic carbocycles. The number of aliphatic hydroxyl groups is 1. The van der Waals surface area contributed by atoms with Crippen LogP contribution in [-0.2, 0) is 10.2 Å². The number of rotatable bonds is 6. The molecule has 1 spiro atoms. The number of aryl methyl sites for hydroxylation is 2. The van der Waals surface area contributed by atoms with Gasteiger partial charge in [0.15, 0.2) is 11.5 Å². The standard InChI is InChI=1S/C33H43NO4/c1-7-32-19-31(5,28(36)24-11-9-8-10-20(24)2)29(37-6)30-33(32,16-17-34(22(32)4)18-23-13-14-23)26-21(3)12-15-25(35)27(26)38-30/h7-12,15,22-23,28-30,35-36H,1,13-14,16-19H2,2-6H3/t22-,28-,29?,30+,31-,32-,33+/m1/s1. The molecule has 5 nitrogen and oxygen atoms in total. The molecule has 1 unspecified atom stereocenters. The Morgan fingerprint density at radius 3 is 2.58 bits per heavy atom. The van der Waals surface area contributed by atoms with Crippen molar-refractivity contribution in [3.05, 3.63) is 71.3 Å². The summed E-state index contributed by atoms with van der Waals surface area (Å²) in [7, 11) is 1.74. The summed E-state index contributed by atoms with van der Waals surface area (Å²) < 4.78 is 13.2. The monoisotopic (exact) mass is 517 g/mol. The predicted molar refractivity (Wildman–Crippen MR) is 150 cm³/mol. The number of aromatic hydroxyl groups is 1. The Labute approximate surface area is 227 Å². The Morgan fingerprint density at radius 2 is 1.92 bits per heavy atom. The smallest absolute Gasteiger partial charge is 0.165 e. The molecule has 2 N–H and O–H groups in total. The van der Waals surface area contributed by atoms with E-state index in [2.05, 4.69) is 51.3 Å². The van der Waals surface area contributed by atoms with Crippen LogP contribution in [0.5, 0.6) is 11.5 Å². The maximum Gasteiger partial charge on any atom is 0.165 e. The number of ether oxygens (including phenoxy) is 2. The number of methoxy groups -OCH3 is 1. The van der Waals surface area contributed by atoms with Crippen molar-refractivity contribution in [1.29, 1.82) is 0 Å². The molecule has 3 fully saturated rings. The van der Waals surface area contributed by atoms with Crippen LogP contribution in [0.3, 0.4) is 0 Å². The number of likely N-dealkylation sites (tertiary alicyclic amines) is 1. The zero-order valence-corrected chi connectivity index (χ0v) is 23.5. The molecule has 5 heteroatoms. The minimum absolute atomic E-state index is 0.177. The van der Waals surface area contributed by atoms with Crippen LogP contribution in [0.4, 0.5) is 0 Å². The van der Waals surface area contributed by atoms with Crippen LogP contribution in [0, 0.1) is 30.6 Å². The first kappa shape index (κ1) is 25.9. The Balaban J connectivity index is 1.58. The van der Waals surface area contributed by atoms with Gasteiger partial charge in [0.2, 0.25) is 0 Å². The van der Waals surface area contributed by atoms with Gasteiger partial charge in [0.05, 0.1) is 11.5 Å². The highest BCUT2D eigenvalue weighted by Gasteiger charge is 2.74. The number of benzene rings is 2. The summed E-state index contributed by atoms with van der Waals surface area (Å²) in [6.45, 7) is 15.3. The quantitative estimate of drug-likeness (QED) is 0.471. The number of phenols is 1. The Kier molecular flexibility index (Phi) is 6.03. The van der Waals surface area contributed by atoms with Crippen molar-refractivity contribution < 1.29 is 19.7 Å². The molecule has 2 aliphatic heterocycles. The lowest BCUT2D eigenvalue weighted by atomic mass is 9.41. The second-order valence-corrected chi connectivity index (χ2v) is 12.8. The first-order valence-electron chi connectivity index (χ1n) is 14.3. The molecule has 0 aromatic heterocycles. The average Bonchev–Trinajstić information content (AvgIpc) is 3.66. The second kappa shape index (κ2) is 8.84. The van der Waals surface area contributed by atoms with Crippen LogP contribution in [-0.4, -0.2) is 53.6 Å². The van der Waals surface area contributed by atoms with Gasteiger partial charge >= 0.3 is 0 Å². The lowest BCUT2D eigenvalue weighted by Gasteiger charge is -2.67. The molecule has 2 saturated carbocycles. The van der Waals surface area contributed by atoms with Gasteiger partial charge in [-0.1, -0.05) is 43.3 Å². The molecule has 2 aromatic rings. The number of hydrogen-bond donors (Lipinski definition) is 2. The topological polar surface area (TPSA) is 62.2 Å². The summed E-state index contributed by atoms with van der Waals surface area (Å²) in [4.78, 5) is 2.66. The van der Waals surface area contributed by atoms with Crippen LogP contribution < -0.4 is 4.74 Å². The number of fused-ring (bicyclic) bond motifs is 1. The fourth-order valence-electron chi connectivity index (χ4n) is 8.83. The van der Waals surface area contributed by atoms with E-state index < -0.39 is 28.5 Å². The largest absolute Gasteiger partial charge is 0.504 e. The summed E-state index contributed by atoms with van der Waals surface area (Å²) in [5.74, 6) is 1.54. The van der Waals surface area contributed by atoms with E-state index in [-0.39, 0.29) is 17.9 Å². The van der Waals surface area contributed by atoms with Gasteiger partial charge < -0.3 is 19.7 Å². The van der Waals surface area contributed by atoms with E-state index in [0.717, 1.165) is 47.7 Å². The lowest BCUT2D eigenvalue weighted by molar-refractivity contribution is -0.220. The second-order valence-electron chi connectivity index (χ2n) is 12.8. The van der Waals surface area contributed by atoms with Gasteiger partial charge in [-0.3, -0.25) is 4.90 Å². The van der Waals surface area contributed by atoms with Crippen LogP contribution in [0.1, 0.15) is 67.9 Å². The van der Waals surface area contributed by atoms with Crippen LogP contribution in [0.15, 0.2) is 49.1 Å². The number of phenolic OH excluding ortho intramolecular Hbond substituents is 1. The zero-order valence-electron chi connectivity index (χ0n) is 23.5. The molecule has 0 amide bonds. The van der Waals surface area contributed by atoms with Gasteiger partial charge in [0.25, 0.3) is 0 Å². The fraction of sp³-hybridized carbons (Fsp3) is 0.576. The average molecular weight is 518 g/mol. The van der Waals surface area contributed by atoms with Gasteiger partial charge in [-0.25, -0.2) is 0 Å². The highest BCUT2D eigenvalue weighted by Crippen LogP contribution is 2.71. The number of piperidine rings is 1. The van der Waals surface area contributed by atoms with E-state index in [1.807, 2.05) is 24.3 Å². The zero-order chi connectivity index (χ0) is 27.0. The van der Waals surface area contributed by atoms with Crippen LogP contribution >= 0.6 is 0 Å². The highest BCUT2D eigenvalue weighted by molar-refractivity contribution is 5.60. The summed E-state index contributed by atoms with van der Waals surface area (Å²) in [5, 5.41) is 23.3. The highest BCUT2D eigenvalue weighted by atomic mass is 16.5. The van der Waals surface area contributed by atoms with E-state index in [1.54, 1.807) is 13.2 Å². The van der Waals surface area contributed by atoms with Crippen molar-refractivity contribution in [3.8, 4) is 11.5 Å². The summed E-state index contributed by atoms with van der Waals surface area (Å²) in [6.07, 6.45) is 4.90. The van der Waals surface area contributed by atoms with Crippen molar-refractivity contribution in [2.24, 2.45) is 16.7 Å². The predicted octanol–water partition coefficient (Wildman–Crippen LogP) is 5.84. The van der Waals surface area contributed by atoms with E-state index >= 15 is 0 Å². The summed E-state index contributed by atoms with van der Waals surface area (Å²) >= 11 is 0. The van der Waals surface area contributed by atoms with Gasteiger partial charge in [-0.15, -0.1) is 6.58 Å². The normalized spacial score (nSPS) is 37.1. The van der Waals surface area contributed by atoms with Crippen molar-refractivity contribution in [1.82, 2.24) is 4.90 Å². The first-order valence-corrected chi connectivity index (χ1v) is 14.3. The Hall–Kier alpha value is -2.34. The first-order chi connectivity index (χ1) is 18.1. The third-order valence-corrected chi connectivity index (χ3v) is 11.0.